The van der Waals surface area contributed by atoms with Crippen molar-refractivity contribution < 1.29 is 29.2 Å². The number of phenols is 3. The van der Waals surface area contributed by atoms with Gasteiger partial charge in [-0.2, -0.15) is 0 Å². The van der Waals surface area contributed by atoms with Crippen LogP contribution in [0.2, 0.25) is 0 Å². The Balaban J connectivity index is 1.84. The van der Waals surface area contributed by atoms with Crippen molar-refractivity contribution in [1.82, 2.24) is 0 Å². The standard InChI is InChI=1S/C18H14O7/c1-8-11(19)5-13-14(15(8)20)16(21)10(6-23-13)4-9-2-3-12-18(17(9)22)25-7-24-12/h2-3,5-6,19-20,22H,4,7H2,1H3. The summed E-state index contributed by atoms with van der Waals surface area (Å²) >= 11 is 0. The lowest BCUT2D eigenvalue weighted by Gasteiger charge is -2.09. The van der Waals surface area contributed by atoms with E-state index in [4.69, 9.17) is 13.9 Å². The Labute approximate surface area is 141 Å². The van der Waals surface area contributed by atoms with Crippen molar-refractivity contribution in [3.63, 3.8) is 0 Å². The molecule has 1 aliphatic heterocycles. The predicted molar refractivity (Wildman–Crippen MR) is 87.6 cm³/mol. The first-order valence-electron chi connectivity index (χ1n) is 7.53. The Morgan fingerprint density at radius 1 is 1.08 bits per heavy atom. The molecule has 1 aromatic heterocycles. The first-order valence-corrected chi connectivity index (χ1v) is 7.53. The molecule has 3 N–H and O–H groups in total. The topological polar surface area (TPSA) is 109 Å². The Bertz CT molecular complexity index is 1070. The van der Waals surface area contributed by atoms with Crippen LogP contribution >= 0.6 is 0 Å². The maximum absolute atomic E-state index is 12.7. The molecular formula is C18H14O7. The van der Waals surface area contributed by atoms with Gasteiger partial charge < -0.3 is 29.2 Å². The monoisotopic (exact) mass is 342 g/mol. The number of hydrogen-bond donors (Lipinski definition) is 3. The first kappa shape index (κ1) is 15.2. The minimum Gasteiger partial charge on any atom is -0.507 e. The molecule has 7 heteroatoms. The van der Waals surface area contributed by atoms with Gasteiger partial charge >= 0.3 is 0 Å². The van der Waals surface area contributed by atoms with Gasteiger partial charge in [-0.1, -0.05) is 6.07 Å². The molecule has 0 spiro atoms. The van der Waals surface area contributed by atoms with Crippen molar-refractivity contribution in [2.24, 2.45) is 0 Å². The van der Waals surface area contributed by atoms with E-state index in [-0.39, 0.29) is 58.3 Å². The predicted octanol–water partition coefficient (Wildman–Crippen LogP) is 2.54. The number of fused-ring (bicyclic) bond motifs is 2. The highest BCUT2D eigenvalue weighted by molar-refractivity contribution is 5.87. The maximum Gasteiger partial charge on any atom is 0.231 e. The van der Waals surface area contributed by atoms with E-state index in [1.54, 1.807) is 12.1 Å². The van der Waals surface area contributed by atoms with Crippen LogP contribution < -0.4 is 14.9 Å². The third kappa shape index (κ3) is 2.24. The van der Waals surface area contributed by atoms with Gasteiger partial charge in [0.25, 0.3) is 0 Å². The minimum atomic E-state index is -0.432. The number of rotatable bonds is 2. The van der Waals surface area contributed by atoms with Gasteiger partial charge in [-0.05, 0) is 13.0 Å². The Morgan fingerprint density at radius 2 is 1.88 bits per heavy atom. The van der Waals surface area contributed by atoms with Crippen molar-refractivity contribution in [2.45, 2.75) is 13.3 Å². The number of ether oxygens (including phenoxy) is 2. The van der Waals surface area contributed by atoms with E-state index in [2.05, 4.69) is 0 Å². The number of benzene rings is 2. The molecular weight excluding hydrogens is 328 g/mol. The number of hydrogen-bond acceptors (Lipinski definition) is 7. The third-order valence-electron chi connectivity index (χ3n) is 4.31. The molecule has 4 rings (SSSR count). The lowest BCUT2D eigenvalue weighted by Crippen LogP contribution is -2.10. The van der Waals surface area contributed by atoms with E-state index < -0.39 is 5.43 Å². The lowest BCUT2D eigenvalue weighted by atomic mass is 10.0. The quantitative estimate of drug-likeness (QED) is 0.656. The average Bonchev–Trinajstić information content (AvgIpc) is 3.07. The van der Waals surface area contributed by atoms with Crippen LogP contribution in [0, 0.1) is 6.92 Å². The highest BCUT2D eigenvalue weighted by Crippen LogP contribution is 2.43. The SMILES string of the molecule is Cc1c(O)cc2occ(Cc3ccc4c(c3O)OCO4)c(=O)c2c1O. The molecule has 2 heterocycles. The van der Waals surface area contributed by atoms with E-state index >= 15 is 0 Å². The van der Waals surface area contributed by atoms with E-state index in [1.807, 2.05) is 0 Å². The Hall–Kier alpha value is -3.35. The summed E-state index contributed by atoms with van der Waals surface area (Å²) in [6, 6.07) is 4.57. The van der Waals surface area contributed by atoms with Crippen LogP contribution in [0.1, 0.15) is 16.7 Å². The molecule has 0 atom stereocenters. The minimum absolute atomic E-state index is 0.00645. The lowest BCUT2D eigenvalue weighted by molar-refractivity contribution is 0.171. The summed E-state index contributed by atoms with van der Waals surface area (Å²) in [5.74, 6) is 0.109. The first-order chi connectivity index (χ1) is 12.0. The molecule has 0 aliphatic carbocycles. The zero-order valence-electron chi connectivity index (χ0n) is 13.2. The average molecular weight is 342 g/mol. The zero-order valence-corrected chi connectivity index (χ0v) is 13.2. The van der Waals surface area contributed by atoms with Crippen molar-refractivity contribution >= 4 is 11.0 Å². The molecule has 0 unspecified atom stereocenters. The second-order valence-electron chi connectivity index (χ2n) is 5.82. The van der Waals surface area contributed by atoms with E-state index in [9.17, 15) is 20.1 Å². The molecule has 0 saturated heterocycles. The normalized spacial score (nSPS) is 12.7. The second kappa shape index (κ2) is 5.34. The summed E-state index contributed by atoms with van der Waals surface area (Å²) in [5.41, 5.74) is 0.569. The highest BCUT2D eigenvalue weighted by atomic mass is 16.7. The molecule has 128 valence electrons. The van der Waals surface area contributed by atoms with Gasteiger partial charge in [-0.25, -0.2) is 0 Å². The van der Waals surface area contributed by atoms with E-state index in [1.165, 1.54) is 19.3 Å². The molecule has 0 radical (unpaired) electrons. The molecule has 2 aromatic carbocycles. The van der Waals surface area contributed by atoms with Crippen LogP contribution in [0.15, 0.2) is 33.7 Å². The van der Waals surface area contributed by atoms with Gasteiger partial charge in [0, 0.05) is 29.2 Å². The third-order valence-corrected chi connectivity index (χ3v) is 4.31. The fraction of sp³-hybridized carbons (Fsp3) is 0.167. The van der Waals surface area contributed by atoms with Crippen LogP contribution in [0.3, 0.4) is 0 Å². The summed E-state index contributed by atoms with van der Waals surface area (Å²) in [6.45, 7) is 1.53. The summed E-state index contributed by atoms with van der Waals surface area (Å²) in [6.07, 6.45) is 1.34. The van der Waals surface area contributed by atoms with Crippen LogP contribution in [0.25, 0.3) is 11.0 Å². The molecule has 1 aliphatic rings. The fourth-order valence-electron chi connectivity index (χ4n) is 2.86. The van der Waals surface area contributed by atoms with Gasteiger partial charge in [0.05, 0.1) is 6.26 Å². The molecule has 3 aromatic rings. The number of phenolic OH excluding ortho intramolecular Hbond substituents is 3. The van der Waals surface area contributed by atoms with Gasteiger partial charge in [-0.15, -0.1) is 0 Å². The summed E-state index contributed by atoms with van der Waals surface area (Å²) < 4.78 is 15.8. The largest absolute Gasteiger partial charge is 0.507 e. The number of aromatic hydroxyl groups is 3. The molecule has 0 bridgehead atoms. The Morgan fingerprint density at radius 3 is 2.68 bits per heavy atom. The molecule has 7 nitrogen and oxygen atoms in total. The summed E-state index contributed by atoms with van der Waals surface area (Å²) in [7, 11) is 0. The van der Waals surface area contributed by atoms with Crippen molar-refractivity contribution in [3.8, 4) is 28.7 Å². The molecule has 0 fully saturated rings. The van der Waals surface area contributed by atoms with Gasteiger partial charge in [-0.3, -0.25) is 4.79 Å². The molecule has 0 saturated carbocycles. The van der Waals surface area contributed by atoms with Crippen molar-refractivity contribution in [3.05, 3.63) is 51.4 Å². The van der Waals surface area contributed by atoms with E-state index in [0.29, 0.717) is 11.3 Å². The highest BCUT2D eigenvalue weighted by Gasteiger charge is 2.22. The van der Waals surface area contributed by atoms with Crippen LogP contribution in [-0.2, 0) is 6.42 Å². The summed E-state index contributed by atoms with van der Waals surface area (Å²) in [4.78, 5) is 12.7. The molecule has 0 amide bonds. The van der Waals surface area contributed by atoms with Crippen LogP contribution in [0.4, 0.5) is 0 Å². The van der Waals surface area contributed by atoms with Gasteiger partial charge in [0.2, 0.25) is 12.5 Å². The Kier molecular flexibility index (Phi) is 3.24. The van der Waals surface area contributed by atoms with Crippen molar-refractivity contribution in [2.75, 3.05) is 6.79 Å². The second-order valence-corrected chi connectivity index (χ2v) is 5.82. The van der Waals surface area contributed by atoms with Gasteiger partial charge in [0.15, 0.2) is 16.9 Å². The van der Waals surface area contributed by atoms with Crippen LogP contribution in [0.5, 0.6) is 28.7 Å². The van der Waals surface area contributed by atoms with Gasteiger partial charge in [0.1, 0.15) is 22.5 Å². The smallest absolute Gasteiger partial charge is 0.231 e. The van der Waals surface area contributed by atoms with E-state index in [0.717, 1.165) is 0 Å². The molecule has 25 heavy (non-hydrogen) atoms. The van der Waals surface area contributed by atoms with Crippen LogP contribution in [-0.4, -0.2) is 22.1 Å². The maximum atomic E-state index is 12.7. The summed E-state index contributed by atoms with van der Waals surface area (Å²) in [5, 5.41) is 30.2. The zero-order chi connectivity index (χ0) is 17.7. The van der Waals surface area contributed by atoms with Crippen molar-refractivity contribution in [1.29, 1.82) is 0 Å². The fourth-order valence-corrected chi connectivity index (χ4v) is 2.86.